The number of halogens is 2. The first kappa shape index (κ1) is 13.0. The van der Waals surface area contributed by atoms with Crippen LogP contribution in [0.1, 0.15) is 17.4 Å². The molecule has 18 heavy (non-hydrogen) atoms. The summed E-state index contributed by atoms with van der Waals surface area (Å²) >= 11 is 3.19. The summed E-state index contributed by atoms with van der Waals surface area (Å²) in [7, 11) is 3.03. The standard InChI is InChI=1S/C11H11BrFN3O2/c1-16-9(11(12)14-15-16)10(17)6-3-4-8(18-2)7(13)5-6/h3-5,10,17H,1-2H3. The maximum Gasteiger partial charge on any atom is 0.165 e. The van der Waals surface area contributed by atoms with E-state index in [4.69, 9.17) is 4.74 Å². The molecule has 0 aliphatic carbocycles. The number of hydrogen-bond donors (Lipinski definition) is 1. The average Bonchev–Trinajstić information content (AvgIpc) is 2.68. The van der Waals surface area contributed by atoms with Crippen LogP contribution in [0.2, 0.25) is 0 Å². The van der Waals surface area contributed by atoms with Crippen LogP contribution in [0.15, 0.2) is 22.8 Å². The second kappa shape index (κ2) is 5.03. The van der Waals surface area contributed by atoms with Crippen molar-refractivity contribution in [3.8, 4) is 5.75 Å². The molecule has 0 radical (unpaired) electrons. The zero-order chi connectivity index (χ0) is 13.3. The van der Waals surface area contributed by atoms with E-state index in [1.165, 1.54) is 23.9 Å². The smallest absolute Gasteiger partial charge is 0.165 e. The van der Waals surface area contributed by atoms with E-state index < -0.39 is 11.9 Å². The maximum absolute atomic E-state index is 13.6. The van der Waals surface area contributed by atoms with E-state index in [-0.39, 0.29) is 5.75 Å². The minimum Gasteiger partial charge on any atom is -0.494 e. The first-order valence-corrected chi connectivity index (χ1v) is 5.90. The van der Waals surface area contributed by atoms with Crippen LogP contribution >= 0.6 is 15.9 Å². The van der Waals surface area contributed by atoms with E-state index >= 15 is 0 Å². The molecule has 0 aliphatic heterocycles. The second-order valence-corrected chi connectivity index (χ2v) is 4.44. The summed E-state index contributed by atoms with van der Waals surface area (Å²) in [6, 6.07) is 4.28. The molecule has 0 saturated carbocycles. The van der Waals surface area contributed by atoms with Gasteiger partial charge in [0.2, 0.25) is 0 Å². The molecule has 0 aliphatic rings. The van der Waals surface area contributed by atoms with Crippen molar-refractivity contribution in [2.45, 2.75) is 6.10 Å². The molecular weight excluding hydrogens is 305 g/mol. The first-order valence-electron chi connectivity index (χ1n) is 5.11. The van der Waals surface area contributed by atoms with Gasteiger partial charge in [-0.05, 0) is 33.6 Å². The lowest BCUT2D eigenvalue weighted by atomic mass is 10.1. The summed E-state index contributed by atoms with van der Waals surface area (Å²) in [4.78, 5) is 0. The summed E-state index contributed by atoms with van der Waals surface area (Å²) in [6.07, 6.45) is -1.01. The Labute approximate surface area is 111 Å². The van der Waals surface area contributed by atoms with E-state index in [9.17, 15) is 9.50 Å². The third-order valence-corrected chi connectivity index (χ3v) is 3.14. The van der Waals surface area contributed by atoms with Crippen molar-refractivity contribution in [2.75, 3.05) is 7.11 Å². The van der Waals surface area contributed by atoms with Crippen LogP contribution in [-0.2, 0) is 7.05 Å². The molecule has 0 amide bonds. The molecule has 96 valence electrons. The highest BCUT2D eigenvalue weighted by atomic mass is 79.9. The highest BCUT2D eigenvalue weighted by Crippen LogP contribution is 2.29. The van der Waals surface area contributed by atoms with E-state index in [1.54, 1.807) is 13.1 Å². The highest BCUT2D eigenvalue weighted by molar-refractivity contribution is 9.10. The van der Waals surface area contributed by atoms with Crippen molar-refractivity contribution in [2.24, 2.45) is 7.05 Å². The van der Waals surface area contributed by atoms with Gasteiger partial charge in [-0.25, -0.2) is 9.07 Å². The maximum atomic E-state index is 13.6. The first-order chi connectivity index (χ1) is 8.54. The zero-order valence-electron chi connectivity index (χ0n) is 9.76. The van der Waals surface area contributed by atoms with E-state index in [2.05, 4.69) is 26.2 Å². The van der Waals surface area contributed by atoms with Crippen molar-refractivity contribution in [1.82, 2.24) is 15.0 Å². The van der Waals surface area contributed by atoms with E-state index in [0.29, 0.717) is 15.9 Å². The number of aliphatic hydroxyl groups excluding tert-OH is 1. The predicted molar refractivity (Wildman–Crippen MR) is 65.7 cm³/mol. The second-order valence-electron chi connectivity index (χ2n) is 3.69. The Morgan fingerprint density at radius 3 is 2.72 bits per heavy atom. The molecule has 0 saturated heterocycles. The van der Waals surface area contributed by atoms with Crippen LogP contribution in [0.4, 0.5) is 4.39 Å². The number of rotatable bonds is 3. The Morgan fingerprint density at radius 1 is 1.50 bits per heavy atom. The number of nitrogens with zero attached hydrogens (tertiary/aromatic N) is 3. The minimum absolute atomic E-state index is 0.133. The lowest BCUT2D eigenvalue weighted by Crippen LogP contribution is -2.07. The van der Waals surface area contributed by atoms with Gasteiger partial charge in [0.15, 0.2) is 16.2 Å². The van der Waals surface area contributed by atoms with Crippen LogP contribution in [0.3, 0.4) is 0 Å². The predicted octanol–water partition coefficient (Wildman–Crippen LogP) is 1.81. The summed E-state index contributed by atoms with van der Waals surface area (Å²) < 4.78 is 20.2. The van der Waals surface area contributed by atoms with E-state index in [1.807, 2.05) is 0 Å². The number of aliphatic hydroxyl groups is 1. The molecule has 1 atom stereocenters. The van der Waals surface area contributed by atoms with Gasteiger partial charge in [0.05, 0.1) is 7.11 Å². The van der Waals surface area contributed by atoms with Crippen LogP contribution in [0, 0.1) is 5.82 Å². The molecule has 1 aromatic heterocycles. The van der Waals surface area contributed by atoms with Gasteiger partial charge in [-0.2, -0.15) is 0 Å². The molecule has 1 N–H and O–H groups in total. The molecular formula is C11H11BrFN3O2. The fourth-order valence-electron chi connectivity index (χ4n) is 1.64. The number of ether oxygens (including phenoxy) is 1. The molecule has 7 heteroatoms. The molecule has 0 bridgehead atoms. The number of aryl methyl sites for hydroxylation is 1. The van der Waals surface area contributed by atoms with Gasteiger partial charge < -0.3 is 9.84 Å². The summed E-state index contributed by atoms with van der Waals surface area (Å²) in [5.41, 5.74) is 0.860. The van der Waals surface area contributed by atoms with Crippen LogP contribution in [0.25, 0.3) is 0 Å². The van der Waals surface area contributed by atoms with Gasteiger partial charge in [-0.3, -0.25) is 0 Å². The third kappa shape index (κ3) is 2.23. The molecule has 5 nitrogen and oxygen atoms in total. The zero-order valence-corrected chi connectivity index (χ0v) is 11.3. The Balaban J connectivity index is 2.40. The topological polar surface area (TPSA) is 60.2 Å². The lowest BCUT2D eigenvalue weighted by Gasteiger charge is -2.12. The van der Waals surface area contributed by atoms with Crippen LogP contribution < -0.4 is 4.74 Å². The SMILES string of the molecule is COc1ccc(C(O)c2c(Br)nnn2C)cc1F. The number of aromatic nitrogens is 3. The summed E-state index contributed by atoms with van der Waals surface area (Å²) in [5, 5.41) is 17.7. The molecule has 1 heterocycles. The van der Waals surface area contributed by atoms with Crippen molar-refractivity contribution < 1.29 is 14.2 Å². The van der Waals surface area contributed by atoms with Gasteiger partial charge in [-0.1, -0.05) is 11.3 Å². The Hall–Kier alpha value is -1.47. The van der Waals surface area contributed by atoms with Gasteiger partial charge in [0, 0.05) is 7.05 Å². The fourth-order valence-corrected chi connectivity index (χ4v) is 2.18. The van der Waals surface area contributed by atoms with Crippen molar-refractivity contribution in [1.29, 1.82) is 0 Å². The minimum atomic E-state index is -1.01. The molecule has 1 unspecified atom stereocenters. The summed E-state index contributed by atoms with van der Waals surface area (Å²) in [5.74, 6) is -0.395. The van der Waals surface area contributed by atoms with E-state index in [0.717, 1.165) is 0 Å². The Morgan fingerprint density at radius 2 is 2.22 bits per heavy atom. The molecule has 1 aromatic carbocycles. The lowest BCUT2D eigenvalue weighted by molar-refractivity contribution is 0.208. The van der Waals surface area contributed by atoms with Crippen LogP contribution in [-0.4, -0.2) is 27.2 Å². The number of methoxy groups -OCH3 is 1. The van der Waals surface area contributed by atoms with Crippen molar-refractivity contribution in [3.05, 3.63) is 39.9 Å². The van der Waals surface area contributed by atoms with Crippen LogP contribution in [0.5, 0.6) is 5.75 Å². The number of hydrogen-bond acceptors (Lipinski definition) is 4. The number of benzene rings is 1. The summed E-state index contributed by atoms with van der Waals surface area (Å²) in [6.45, 7) is 0. The highest BCUT2D eigenvalue weighted by Gasteiger charge is 2.20. The normalized spacial score (nSPS) is 12.5. The molecule has 0 fully saturated rings. The largest absolute Gasteiger partial charge is 0.494 e. The Kier molecular flexibility index (Phi) is 3.63. The van der Waals surface area contributed by atoms with Gasteiger partial charge in [-0.15, -0.1) is 5.10 Å². The monoisotopic (exact) mass is 315 g/mol. The molecule has 0 spiro atoms. The molecule has 2 aromatic rings. The third-order valence-electron chi connectivity index (χ3n) is 2.58. The van der Waals surface area contributed by atoms with Crippen molar-refractivity contribution >= 4 is 15.9 Å². The fraction of sp³-hybridized carbons (Fsp3) is 0.273. The quantitative estimate of drug-likeness (QED) is 0.938. The van der Waals surface area contributed by atoms with Gasteiger partial charge >= 0.3 is 0 Å². The van der Waals surface area contributed by atoms with Gasteiger partial charge in [0.1, 0.15) is 11.8 Å². The molecule has 2 rings (SSSR count). The van der Waals surface area contributed by atoms with Gasteiger partial charge in [0.25, 0.3) is 0 Å². The van der Waals surface area contributed by atoms with Crippen molar-refractivity contribution in [3.63, 3.8) is 0 Å². The average molecular weight is 316 g/mol. The Bertz CT molecular complexity index is 554.